The van der Waals surface area contributed by atoms with E-state index >= 15 is 4.39 Å². The highest BCUT2D eigenvalue weighted by molar-refractivity contribution is 7.80. The van der Waals surface area contributed by atoms with Gasteiger partial charge in [0.15, 0.2) is 0 Å². The first kappa shape index (κ1) is 27.4. The van der Waals surface area contributed by atoms with E-state index in [-0.39, 0.29) is 47.7 Å². The number of benzene rings is 1. The number of hydrogen-bond donors (Lipinski definition) is 3. The fraction of sp³-hybridized carbons (Fsp3) is 0.385. The molecule has 2 fully saturated rings. The summed E-state index contributed by atoms with van der Waals surface area (Å²) in [6, 6.07) is 9.65. The van der Waals surface area contributed by atoms with Crippen LogP contribution in [0.3, 0.4) is 0 Å². The van der Waals surface area contributed by atoms with E-state index in [1.54, 1.807) is 0 Å². The summed E-state index contributed by atoms with van der Waals surface area (Å²) in [6.07, 6.45) is 0.736. The molecule has 0 spiro atoms. The maximum absolute atomic E-state index is 15.0. The molecule has 4 rings (SSSR count). The molecule has 0 bridgehead atoms. The number of anilines is 3. The topological polar surface area (TPSA) is 99.8 Å². The lowest BCUT2D eigenvalue weighted by Gasteiger charge is -2.22. The number of carbonyl (C=O) groups excluding carboxylic acids is 2. The maximum atomic E-state index is 15.0. The third-order valence-corrected chi connectivity index (χ3v) is 6.72. The molecule has 2 amide bonds. The number of amides is 2. The van der Waals surface area contributed by atoms with Crippen LogP contribution in [0.1, 0.15) is 42.5 Å². The van der Waals surface area contributed by atoms with E-state index in [0.717, 1.165) is 38.2 Å². The molecule has 1 aliphatic heterocycles. The number of alkyl halides is 2. The van der Waals surface area contributed by atoms with Gasteiger partial charge in [0.1, 0.15) is 16.9 Å². The van der Waals surface area contributed by atoms with Gasteiger partial charge in [-0.25, -0.2) is 18.0 Å². The molecule has 1 saturated heterocycles. The maximum Gasteiger partial charge on any atom is 0.414 e. The minimum Gasteiger partial charge on any atom is -0.442 e. The number of nitrogens with zero attached hydrogens (tertiary/aromatic N) is 1. The van der Waals surface area contributed by atoms with Crippen molar-refractivity contribution in [1.29, 1.82) is 0 Å². The van der Waals surface area contributed by atoms with Crippen molar-refractivity contribution in [2.75, 3.05) is 23.3 Å². The average Bonchev–Trinajstić information content (AvgIpc) is 3.16. The van der Waals surface area contributed by atoms with Crippen molar-refractivity contribution in [3.8, 4) is 0 Å². The van der Waals surface area contributed by atoms with E-state index in [4.69, 9.17) is 4.74 Å². The first-order valence-electron chi connectivity index (χ1n) is 12.3. The fourth-order valence-electron chi connectivity index (χ4n) is 4.41. The second-order valence-electron chi connectivity index (χ2n) is 9.16. The van der Waals surface area contributed by atoms with Crippen molar-refractivity contribution >= 4 is 46.3 Å². The summed E-state index contributed by atoms with van der Waals surface area (Å²) in [4.78, 5) is 38.1. The second-order valence-corrected chi connectivity index (χ2v) is 9.60. The molecule has 12 heteroatoms. The number of rotatable bonds is 8. The van der Waals surface area contributed by atoms with Crippen LogP contribution in [0.25, 0.3) is 0 Å². The molecule has 1 atom stereocenters. The van der Waals surface area contributed by atoms with Crippen molar-refractivity contribution in [1.82, 2.24) is 10.6 Å². The van der Waals surface area contributed by atoms with Gasteiger partial charge in [-0.05, 0) is 49.2 Å². The lowest BCUT2D eigenvalue weighted by atomic mass is 9.95. The lowest BCUT2D eigenvalue weighted by Crippen LogP contribution is -2.36. The van der Waals surface area contributed by atoms with Crippen LogP contribution in [-0.4, -0.2) is 48.6 Å². The Bertz CT molecular complexity index is 1270. The highest BCUT2D eigenvalue weighted by Crippen LogP contribution is 2.27. The zero-order valence-corrected chi connectivity index (χ0v) is 21.2. The van der Waals surface area contributed by atoms with Gasteiger partial charge in [-0.3, -0.25) is 14.5 Å². The summed E-state index contributed by atoms with van der Waals surface area (Å²) in [5.74, 6) is -1.06. The summed E-state index contributed by atoms with van der Waals surface area (Å²) < 4.78 is 45.3. The Hall–Kier alpha value is -3.67. The molecule has 1 aliphatic carbocycles. The van der Waals surface area contributed by atoms with Gasteiger partial charge in [0.2, 0.25) is 5.43 Å². The van der Waals surface area contributed by atoms with Crippen LogP contribution in [0.4, 0.5) is 35.0 Å². The van der Waals surface area contributed by atoms with Crippen molar-refractivity contribution in [2.24, 2.45) is 0 Å². The Morgan fingerprint density at radius 2 is 1.84 bits per heavy atom. The average molecular weight is 549 g/mol. The van der Waals surface area contributed by atoms with Crippen LogP contribution in [0, 0.1) is 5.82 Å². The van der Waals surface area contributed by atoms with Crippen molar-refractivity contribution < 1.29 is 27.5 Å². The number of hydrogen-bond acceptors (Lipinski definition) is 6. The first-order chi connectivity index (χ1) is 18.2. The minimum atomic E-state index is -2.82. The van der Waals surface area contributed by atoms with Gasteiger partial charge in [-0.1, -0.05) is 37.5 Å². The smallest absolute Gasteiger partial charge is 0.414 e. The lowest BCUT2D eigenvalue weighted by molar-refractivity contribution is 0.0927. The van der Waals surface area contributed by atoms with E-state index in [0.29, 0.717) is 0 Å². The molecular formula is C26H27F3N4O4S. The number of nitrogens with one attached hydrogen (secondary N) is 3. The largest absolute Gasteiger partial charge is 0.442 e. The number of halogens is 3. The Kier molecular flexibility index (Phi) is 8.82. The number of carbonyl (C=O) groups is 2. The molecule has 0 aromatic heterocycles. The highest BCUT2D eigenvalue weighted by Gasteiger charge is 2.33. The monoisotopic (exact) mass is 548 g/mol. The number of thiocarbonyl (C=S) groups is 1. The van der Waals surface area contributed by atoms with Crippen molar-refractivity contribution in [2.45, 2.75) is 50.7 Å². The summed E-state index contributed by atoms with van der Waals surface area (Å²) in [6.45, 7) is -0.107. The van der Waals surface area contributed by atoms with E-state index < -0.39 is 34.9 Å². The molecule has 2 aliphatic rings. The molecule has 3 N–H and O–H groups in total. The third kappa shape index (κ3) is 6.80. The predicted molar refractivity (Wildman–Crippen MR) is 141 cm³/mol. The third-order valence-electron chi connectivity index (χ3n) is 6.40. The van der Waals surface area contributed by atoms with E-state index in [9.17, 15) is 23.2 Å². The molecule has 2 aromatic rings. The molecule has 2 aromatic carbocycles. The summed E-state index contributed by atoms with van der Waals surface area (Å²) in [7, 11) is 0. The molecule has 38 heavy (non-hydrogen) atoms. The molecular weight excluding hydrogens is 521 g/mol. The predicted octanol–water partition coefficient (Wildman–Crippen LogP) is 4.50. The zero-order chi connectivity index (χ0) is 27.2. The zero-order valence-electron chi connectivity index (χ0n) is 20.3. The van der Waals surface area contributed by atoms with Gasteiger partial charge in [0, 0.05) is 11.6 Å². The molecule has 0 radical (unpaired) electrons. The van der Waals surface area contributed by atoms with Crippen molar-refractivity contribution in [3.05, 3.63) is 64.1 Å². The normalized spacial score (nSPS) is 17.7. The standard InChI is InChI=1S/C26H27F3N4O4S/c27-19-12-17(33-14-18(37-26(33)36)13-30-25(38)23(28)29)9-10-20(19)32-21-11-15(5-4-8-22(21)34)24(35)31-16-6-2-1-3-7-16/h4-5,8-12,16,18,23H,1-3,6-7,13-14H2,(H,30,38)(H,31,35)(H,32,34)/t18-/m0/s1. The van der Waals surface area contributed by atoms with Crippen LogP contribution >= 0.6 is 12.2 Å². The summed E-state index contributed by atoms with van der Waals surface area (Å²) >= 11 is 4.51. The van der Waals surface area contributed by atoms with Crippen LogP contribution in [0.15, 0.2) is 47.3 Å². The van der Waals surface area contributed by atoms with Crippen LogP contribution in [0.2, 0.25) is 0 Å². The highest BCUT2D eigenvalue weighted by atomic mass is 32.1. The summed E-state index contributed by atoms with van der Waals surface area (Å²) in [5, 5.41) is 8.08. The first-order valence-corrected chi connectivity index (χ1v) is 12.7. The van der Waals surface area contributed by atoms with Crippen molar-refractivity contribution in [3.63, 3.8) is 0 Å². The quantitative estimate of drug-likeness (QED) is 0.418. The molecule has 1 saturated carbocycles. The Morgan fingerprint density at radius 3 is 2.55 bits per heavy atom. The van der Waals surface area contributed by atoms with Gasteiger partial charge in [0.05, 0.1) is 30.2 Å². The Morgan fingerprint density at radius 1 is 1.08 bits per heavy atom. The van der Waals surface area contributed by atoms with E-state index in [1.165, 1.54) is 41.3 Å². The SMILES string of the molecule is O=C(NC1CCCCC1)c1cccc(=O)c(Nc2ccc(N3C[C@H](CNC(=S)C(F)F)OC3=O)cc2F)c1. The molecule has 0 unspecified atom stereocenters. The van der Waals surface area contributed by atoms with Gasteiger partial charge >= 0.3 is 6.09 Å². The van der Waals surface area contributed by atoms with Gasteiger partial charge in [0.25, 0.3) is 12.3 Å². The number of cyclic esters (lactones) is 1. The minimum absolute atomic E-state index is 0.00257. The van der Waals surface area contributed by atoms with Crippen LogP contribution in [-0.2, 0) is 4.74 Å². The molecule has 202 valence electrons. The molecule has 8 nitrogen and oxygen atoms in total. The molecule has 1 heterocycles. The van der Waals surface area contributed by atoms with Crippen LogP contribution < -0.4 is 26.3 Å². The fourth-order valence-corrected chi connectivity index (χ4v) is 4.49. The van der Waals surface area contributed by atoms with Gasteiger partial charge in [-0.2, -0.15) is 0 Å². The van der Waals surface area contributed by atoms with E-state index in [1.807, 2.05) is 0 Å². The Labute approximate surface area is 222 Å². The van der Waals surface area contributed by atoms with Gasteiger partial charge < -0.3 is 20.7 Å². The summed E-state index contributed by atoms with van der Waals surface area (Å²) in [5.41, 5.74) is -0.0141. The second kappa shape index (κ2) is 12.2. The van der Waals surface area contributed by atoms with Crippen LogP contribution in [0.5, 0.6) is 0 Å². The Balaban J connectivity index is 1.45. The van der Waals surface area contributed by atoms with Gasteiger partial charge in [-0.15, -0.1) is 0 Å². The number of ether oxygens (including phenoxy) is 1. The van der Waals surface area contributed by atoms with E-state index in [2.05, 4.69) is 28.2 Å².